The summed E-state index contributed by atoms with van der Waals surface area (Å²) in [6, 6.07) is 7.64. The zero-order chi connectivity index (χ0) is 13.0. The molecule has 0 aliphatic heterocycles. The molecule has 1 heterocycles. The second-order valence-corrected chi connectivity index (χ2v) is 4.54. The minimum absolute atomic E-state index is 0.689. The van der Waals surface area contributed by atoms with Crippen LogP contribution in [0.25, 0.3) is 5.69 Å². The first kappa shape index (κ1) is 12.9. The summed E-state index contributed by atoms with van der Waals surface area (Å²) in [5.74, 6) is 0. The summed E-state index contributed by atoms with van der Waals surface area (Å²) in [7, 11) is 0. The molecule has 0 amide bonds. The van der Waals surface area contributed by atoms with Crippen molar-refractivity contribution < 1.29 is 0 Å². The second-order valence-electron chi connectivity index (χ2n) is 4.10. The maximum absolute atomic E-state index is 5.99. The third-order valence-corrected chi connectivity index (χ3v) is 2.99. The third-order valence-electron chi connectivity index (χ3n) is 2.76. The SMILES string of the molecule is Cc1c(NCCCN)cnn1-c1cccc(Cl)c1. The van der Waals surface area contributed by atoms with E-state index in [9.17, 15) is 0 Å². The molecule has 4 nitrogen and oxygen atoms in total. The molecular weight excluding hydrogens is 248 g/mol. The highest BCUT2D eigenvalue weighted by atomic mass is 35.5. The molecule has 0 aliphatic carbocycles. The molecule has 2 aromatic rings. The van der Waals surface area contributed by atoms with Crippen LogP contribution in [-0.4, -0.2) is 22.9 Å². The van der Waals surface area contributed by atoms with Crippen molar-refractivity contribution in [2.75, 3.05) is 18.4 Å². The number of nitrogens with one attached hydrogen (secondary N) is 1. The van der Waals surface area contributed by atoms with E-state index >= 15 is 0 Å². The third kappa shape index (κ3) is 2.83. The highest BCUT2D eigenvalue weighted by molar-refractivity contribution is 6.30. The molecule has 0 spiro atoms. The summed E-state index contributed by atoms with van der Waals surface area (Å²) in [6.45, 7) is 3.58. The van der Waals surface area contributed by atoms with Crippen LogP contribution in [0.15, 0.2) is 30.5 Å². The average Bonchev–Trinajstić information content (AvgIpc) is 2.72. The van der Waals surface area contributed by atoms with Gasteiger partial charge in [-0.1, -0.05) is 17.7 Å². The first-order valence-electron chi connectivity index (χ1n) is 5.97. The maximum Gasteiger partial charge on any atom is 0.0761 e. The summed E-state index contributed by atoms with van der Waals surface area (Å²) in [6.07, 6.45) is 2.77. The van der Waals surface area contributed by atoms with E-state index in [1.54, 1.807) is 0 Å². The van der Waals surface area contributed by atoms with Gasteiger partial charge in [0.1, 0.15) is 0 Å². The van der Waals surface area contributed by atoms with E-state index in [2.05, 4.69) is 10.4 Å². The fourth-order valence-corrected chi connectivity index (χ4v) is 1.96. The first-order chi connectivity index (χ1) is 8.72. The number of hydrogen-bond donors (Lipinski definition) is 2. The zero-order valence-corrected chi connectivity index (χ0v) is 11.1. The number of anilines is 1. The highest BCUT2D eigenvalue weighted by Crippen LogP contribution is 2.20. The predicted octanol–water partition coefficient (Wildman–Crippen LogP) is 2.59. The van der Waals surface area contributed by atoms with Gasteiger partial charge in [-0.2, -0.15) is 5.10 Å². The largest absolute Gasteiger partial charge is 0.382 e. The highest BCUT2D eigenvalue weighted by Gasteiger charge is 2.07. The fourth-order valence-electron chi connectivity index (χ4n) is 1.78. The normalized spacial score (nSPS) is 10.6. The zero-order valence-electron chi connectivity index (χ0n) is 10.4. The summed E-state index contributed by atoms with van der Waals surface area (Å²) in [5.41, 5.74) is 8.53. The van der Waals surface area contributed by atoms with Gasteiger partial charge in [0.2, 0.25) is 0 Å². The lowest BCUT2D eigenvalue weighted by molar-refractivity contribution is 0.845. The van der Waals surface area contributed by atoms with Crippen molar-refractivity contribution in [3.63, 3.8) is 0 Å². The van der Waals surface area contributed by atoms with E-state index < -0.39 is 0 Å². The van der Waals surface area contributed by atoms with Crippen LogP contribution in [0.1, 0.15) is 12.1 Å². The molecule has 5 heteroatoms. The molecule has 0 fully saturated rings. The van der Waals surface area contributed by atoms with E-state index in [4.69, 9.17) is 17.3 Å². The van der Waals surface area contributed by atoms with Crippen molar-refractivity contribution in [1.29, 1.82) is 0 Å². The van der Waals surface area contributed by atoms with Crippen LogP contribution >= 0.6 is 11.6 Å². The quantitative estimate of drug-likeness (QED) is 0.816. The number of aromatic nitrogens is 2. The van der Waals surface area contributed by atoms with Gasteiger partial charge in [0, 0.05) is 11.6 Å². The van der Waals surface area contributed by atoms with Crippen LogP contribution in [0, 0.1) is 6.92 Å². The Morgan fingerprint density at radius 3 is 3.00 bits per heavy atom. The molecule has 18 heavy (non-hydrogen) atoms. The lowest BCUT2D eigenvalue weighted by atomic mass is 10.3. The van der Waals surface area contributed by atoms with Crippen molar-refractivity contribution in [2.45, 2.75) is 13.3 Å². The van der Waals surface area contributed by atoms with Gasteiger partial charge >= 0.3 is 0 Å². The van der Waals surface area contributed by atoms with Crippen LogP contribution in [0.5, 0.6) is 0 Å². The number of rotatable bonds is 5. The lowest BCUT2D eigenvalue weighted by Gasteiger charge is -2.07. The molecule has 0 saturated heterocycles. The Kier molecular flexibility index (Phi) is 4.23. The smallest absolute Gasteiger partial charge is 0.0761 e. The van der Waals surface area contributed by atoms with E-state index in [1.165, 1.54) is 0 Å². The molecule has 0 atom stereocenters. The van der Waals surface area contributed by atoms with Gasteiger partial charge in [-0.3, -0.25) is 0 Å². The van der Waals surface area contributed by atoms with Crippen LogP contribution in [0.4, 0.5) is 5.69 Å². The standard InChI is InChI=1S/C13H17ClN4/c1-10-13(16-7-3-6-15)9-17-18(10)12-5-2-4-11(14)8-12/h2,4-5,8-9,16H,3,6-7,15H2,1H3. The van der Waals surface area contributed by atoms with Crippen LogP contribution in [0.2, 0.25) is 5.02 Å². The van der Waals surface area contributed by atoms with Crippen molar-refractivity contribution in [2.24, 2.45) is 5.73 Å². The second kappa shape index (κ2) is 5.89. The summed E-state index contributed by atoms with van der Waals surface area (Å²) < 4.78 is 1.87. The molecule has 1 aromatic carbocycles. The summed E-state index contributed by atoms with van der Waals surface area (Å²) in [5, 5.41) is 8.40. The van der Waals surface area contributed by atoms with Gasteiger partial charge in [0.25, 0.3) is 0 Å². The Labute approximate surface area is 112 Å². The van der Waals surface area contributed by atoms with Gasteiger partial charge < -0.3 is 11.1 Å². The summed E-state index contributed by atoms with van der Waals surface area (Å²) >= 11 is 5.99. The Bertz CT molecular complexity index is 521. The van der Waals surface area contributed by atoms with E-state index in [0.717, 1.165) is 30.0 Å². The first-order valence-corrected chi connectivity index (χ1v) is 6.34. The Morgan fingerprint density at radius 1 is 1.44 bits per heavy atom. The van der Waals surface area contributed by atoms with Crippen LogP contribution in [0.3, 0.4) is 0 Å². The molecule has 1 aromatic heterocycles. The van der Waals surface area contributed by atoms with Crippen molar-refractivity contribution in [1.82, 2.24) is 9.78 Å². The molecule has 0 aliphatic rings. The van der Waals surface area contributed by atoms with Gasteiger partial charge in [0.05, 0.1) is 23.3 Å². The van der Waals surface area contributed by atoms with Crippen LogP contribution < -0.4 is 11.1 Å². The van der Waals surface area contributed by atoms with Crippen molar-refractivity contribution >= 4 is 17.3 Å². The topological polar surface area (TPSA) is 55.9 Å². The minimum Gasteiger partial charge on any atom is -0.382 e. The number of nitrogens with zero attached hydrogens (tertiary/aromatic N) is 2. The molecule has 3 N–H and O–H groups in total. The predicted molar refractivity (Wildman–Crippen MR) is 75.5 cm³/mol. The molecule has 2 rings (SSSR count). The molecule has 0 bridgehead atoms. The number of nitrogens with two attached hydrogens (primary N) is 1. The molecule has 0 saturated carbocycles. The number of hydrogen-bond acceptors (Lipinski definition) is 3. The maximum atomic E-state index is 5.99. The van der Waals surface area contributed by atoms with Crippen molar-refractivity contribution in [3.05, 3.63) is 41.2 Å². The molecule has 0 radical (unpaired) electrons. The minimum atomic E-state index is 0.689. The molecule has 0 unspecified atom stereocenters. The summed E-state index contributed by atoms with van der Waals surface area (Å²) in [4.78, 5) is 0. The fraction of sp³-hybridized carbons (Fsp3) is 0.308. The van der Waals surface area contributed by atoms with E-state index in [0.29, 0.717) is 11.6 Å². The van der Waals surface area contributed by atoms with Gasteiger partial charge in [-0.25, -0.2) is 4.68 Å². The van der Waals surface area contributed by atoms with Gasteiger partial charge in [-0.15, -0.1) is 0 Å². The number of benzene rings is 1. The average molecular weight is 265 g/mol. The number of halogens is 1. The molecular formula is C13H17ClN4. The lowest BCUT2D eigenvalue weighted by Crippen LogP contribution is -2.09. The monoisotopic (exact) mass is 264 g/mol. The van der Waals surface area contributed by atoms with Gasteiger partial charge in [-0.05, 0) is 38.1 Å². The van der Waals surface area contributed by atoms with E-state index in [-0.39, 0.29) is 0 Å². The van der Waals surface area contributed by atoms with E-state index in [1.807, 2.05) is 42.1 Å². The Hall–Kier alpha value is -1.52. The Morgan fingerprint density at radius 2 is 2.28 bits per heavy atom. The van der Waals surface area contributed by atoms with Crippen LogP contribution in [-0.2, 0) is 0 Å². The Balaban J connectivity index is 2.20. The van der Waals surface area contributed by atoms with Gasteiger partial charge in [0.15, 0.2) is 0 Å². The molecule has 96 valence electrons. The van der Waals surface area contributed by atoms with Crippen molar-refractivity contribution in [3.8, 4) is 5.69 Å².